The second-order valence-corrected chi connectivity index (χ2v) is 5.16. The number of aromatic amines is 1. The minimum atomic E-state index is 0.921. The first-order valence-electron chi connectivity index (χ1n) is 5.52. The van der Waals surface area contributed by atoms with Crippen molar-refractivity contribution in [1.82, 2.24) is 15.0 Å². The molecule has 1 N–H and O–H groups in total. The molecule has 0 bridgehead atoms. The van der Waals surface area contributed by atoms with Gasteiger partial charge in [0.05, 0.1) is 27.1 Å². The number of thiazole rings is 1. The predicted octanol–water partition coefficient (Wildman–Crippen LogP) is 3.61. The van der Waals surface area contributed by atoms with Gasteiger partial charge in [-0.15, -0.1) is 11.3 Å². The lowest BCUT2D eigenvalue weighted by atomic mass is 10.1. The van der Waals surface area contributed by atoms with E-state index in [1.807, 2.05) is 12.4 Å². The molecule has 0 aliphatic carbocycles. The fraction of sp³-hybridized carbons (Fsp3) is 0.231. The molecule has 0 atom stereocenters. The Hall–Kier alpha value is -1.68. The van der Waals surface area contributed by atoms with Crippen LogP contribution < -0.4 is 0 Å². The van der Waals surface area contributed by atoms with Gasteiger partial charge in [-0.05, 0) is 44.0 Å². The van der Waals surface area contributed by atoms with Crippen molar-refractivity contribution >= 4 is 22.4 Å². The van der Waals surface area contributed by atoms with Gasteiger partial charge in [-0.2, -0.15) is 0 Å². The average Bonchev–Trinajstić information content (AvgIpc) is 2.85. The summed E-state index contributed by atoms with van der Waals surface area (Å²) in [4.78, 5) is 13.4. The van der Waals surface area contributed by atoms with Crippen molar-refractivity contribution in [3.05, 3.63) is 34.5 Å². The maximum atomic E-state index is 4.63. The van der Waals surface area contributed by atoms with Crippen molar-refractivity contribution in [2.75, 3.05) is 0 Å². The maximum Gasteiger partial charge on any atom is 0.150 e. The molecule has 0 radical (unpaired) electrons. The fourth-order valence-electron chi connectivity index (χ4n) is 1.91. The Morgan fingerprint density at radius 3 is 2.59 bits per heavy atom. The Labute approximate surface area is 104 Å². The van der Waals surface area contributed by atoms with E-state index in [2.05, 4.69) is 40.9 Å². The lowest BCUT2D eigenvalue weighted by molar-refractivity contribution is 1.24. The molecule has 2 heterocycles. The van der Waals surface area contributed by atoms with E-state index in [0.717, 1.165) is 27.4 Å². The number of hydrogen-bond acceptors (Lipinski definition) is 3. The van der Waals surface area contributed by atoms with Crippen LogP contribution in [0.2, 0.25) is 0 Å². The van der Waals surface area contributed by atoms with Crippen molar-refractivity contribution in [3.63, 3.8) is 0 Å². The smallest absolute Gasteiger partial charge is 0.150 e. The highest BCUT2D eigenvalue weighted by atomic mass is 32.1. The zero-order valence-corrected chi connectivity index (χ0v) is 10.9. The zero-order chi connectivity index (χ0) is 12.0. The maximum absolute atomic E-state index is 4.63. The lowest BCUT2D eigenvalue weighted by Crippen LogP contribution is -1.79. The summed E-state index contributed by atoms with van der Waals surface area (Å²) in [6, 6.07) is 4.28. The van der Waals surface area contributed by atoms with Crippen LogP contribution in [-0.4, -0.2) is 15.0 Å². The average molecular weight is 243 g/mol. The van der Waals surface area contributed by atoms with Crippen LogP contribution in [0.1, 0.15) is 16.8 Å². The number of rotatable bonds is 1. The van der Waals surface area contributed by atoms with E-state index in [9.17, 15) is 0 Å². The Bertz CT molecular complexity index is 655. The van der Waals surface area contributed by atoms with E-state index in [4.69, 9.17) is 0 Å². The van der Waals surface area contributed by atoms with Crippen molar-refractivity contribution in [1.29, 1.82) is 0 Å². The quantitative estimate of drug-likeness (QED) is 0.709. The summed E-state index contributed by atoms with van der Waals surface area (Å²) in [6.45, 7) is 6.24. The summed E-state index contributed by atoms with van der Waals surface area (Å²) < 4.78 is 0. The Morgan fingerprint density at radius 2 is 1.88 bits per heavy atom. The van der Waals surface area contributed by atoms with Gasteiger partial charge in [0.25, 0.3) is 0 Å². The number of H-pyrrole nitrogens is 1. The molecule has 0 fully saturated rings. The predicted molar refractivity (Wildman–Crippen MR) is 71.4 cm³/mol. The molecule has 3 nitrogen and oxygen atoms in total. The summed E-state index contributed by atoms with van der Waals surface area (Å²) in [6.07, 6.45) is 0. The van der Waals surface area contributed by atoms with Gasteiger partial charge < -0.3 is 4.98 Å². The van der Waals surface area contributed by atoms with E-state index < -0.39 is 0 Å². The standard InChI is InChI=1S/C13H13N3S/c1-7-4-10-11(5-8(7)2)16-13(15-10)12-9(3)14-6-17-12/h4-6H,1-3H3,(H,15,16). The van der Waals surface area contributed by atoms with Crippen molar-refractivity contribution < 1.29 is 0 Å². The first kappa shape index (κ1) is 10.5. The molecule has 0 aliphatic heterocycles. The van der Waals surface area contributed by atoms with Crippen LogP contribution in [0.3, 0.4) is 0 Å². The first-order chi connectivity index (χ1) is 8.15. The fourth-order valence-corrected chi connectivity index (χ4v) is 2.65. The molecule has 0 unspecified atom stereocenters. The zero-order valence-electron chi connectivity index (χ0n) is 10.0. The second kappa shape index (κ2) is 3.67. The highest BCUT2D eigenvalue weighted by Crippen LogP contribution is 2.27. The van der Waals surface area contributed by atoms with E-state index in [-0.39, 0.29) is 0 Å². The Morgan fingerprint density at radius 1 is 1.12 bits per heavy atom. The number of aryl methyl sites for hydroxylation is 3. The SMILES string of the molecule is Cc1cc2nc(-c3scnc3C)[nH]c2cc1C. The number of nitrogens with zero attached hydrogens (tertiary/aromatic N) is 2. The van der Waals surface area contributed by atoms with Crippen molar-refractivity contribution in [3.8, 4) is 10.7 Å². The lowest BCUT2D eigenvalue weighted by Gasteiger charge is -1.97. The van der Waals surface area contributed by atoms with Crippen LogP contribution in [0.25, 0.3) is 21.7 Å². The summed E-state index contributed by atoms with van der Waals surface area (Å²) >= 11 is 1.62. The van der Waals surface area contributed by atoms with Crippen LogP contribution in [0.5, 0.6) is 0 Å². The van der Waals surface area contributed by atoms with Crippen LogP contribution >= 0.6 is 11.3 Å². The molecular formula is C13H13N3S. The number of imidazole rings is 1. The summed E-state index contributed by atoms with van der Waals surface area (Å²) in [5, 5.41) is 0. The third kappa shape index (κ3) is 1.65. The van der Waals surface area contributed by atoms with Crippen LogP contribution in [0, 0.1) is 20.8 Å². The number of aromatic nitrogens is 3. The minimum Gasteiger partial charge on any atom is -0.337 e. The second-order valence-electron chi connectivity index (χ2n) is 4.31. The Balaban J connectivity index is 2.24. The molecule has 4 heteroatoms. The summed E-state index contributed by atoms with van der Waals surface area (Å²) in [5.41, 5.74) is 7.56. The van der Waals surface area contributed by atoms with E-state index in [1.165, 1.54) is 11.1 Å². The molecule has 0 aliphatic rings. The summed E-state index contributed by atoms with van der Waals surface area (Å²) in [5.74, 6) is 0.921. The Kier molecular flexibility index (Phi) is 2.26. The minimum absolute atomic E-state index is 0.921. The summed E-state index contributed by atoms with van der Waals surface area (Å²) in [7, 11) is 0. The van der Waals surface area contributed by atoms with Gasteiger partial charge >= 0.3 is 0 Å². The molecule has 0 saturated heterocycles. The normalized spacial score (nSPS) is 11.2. The van der Waals surface area contributed by atoms with E-state index in [1.54, 1.807) is 11.3 Å². The van der Waals surface area contributed by atoms with E-state index in [0.29, 0.717) is 0 Å². The molecule has 17 heavy (non-hydrogen) atoms. The van der Waals surface area contributed by atoms with Crippen LogP contribution in [-0.2, 0) is 0 Å². The third-order valence-corrected chi connectivity index (χ3v) is 3.99. The van der Waals surface area contributed by atoms with Gasteiger partial charge in [-0.3, -0.25) is 0 Å². The van der Waals surface area contributed by atoms with Gasteiger partial charge in [0.15, 0.2) is 5.82 Å². The molecule has 3 rings (SSSR count). The number of benzene rings is 1. The number of hydrogen-bond donors (Lipinski definition) is 1. The van der Waals surface area contributed by atoms with Gasteiger partial charge in [0.2, 0.25) is 0 Å². The third-order valence-electron chi connectivity index (χ3n) is 3.06. The number of fused-ring (bicyclic) bond motifs is 1. The molecule has 86 valence electrons. The molecule has 0 saturated carbocycles. The molecule has 0 spiro atoms. The van der Waals surface area contributed by atoms with Crippen molar-refractivity contribution in [2.24, 2.45) is 0 Å². The van der Waals surface area contributed by atoms with Gasteiger partial charge in [-0.1, -0.05) is 0 Å². The molecule has 0 amide bonds. The van der Waals surface area contributed by atoms with Gasteiger partial charge in [0, 0.05) is 0 Å². The molecule has 2 aromatic heterocycles. The van der Waals surface area contributed by atoms with Gasteiger partial charge in [0.1, 0.15) is 0 Å². The van der Waals surface area contributed by atoms with Crippen LogP contribution in [0.4, 0.5) is 0 Å². The van der Waals surface area contributed by atoms with Crippen LogP contribution in [0.15, 0.2) is 17.6 Å². The van der Waals surface area contributed by atoms with E-state index >= 15 is 0 Å². The topological polar surface area (TPSA) is 41.6 Å². The number of nitrogens with one attached hydrogen (secondary N) is 1. The highest BCUT2D eigenvalue weighted by Gasteiger charge is 2.10. The van der Waals surface area contributed by atoms with Gasteiger partial charge in [-0.25, -0.2) is 9.97 Å². The molecule has 1 aromatic carbocycles. The first-order valence-corrected chi connectivity index (χ1v) is 6.40. The monoisotopic (exact) mass is 243 g/mol. The molecular weight excluding hydrogens is 230 g/mol. The molecule has 3 aromatic rings. The van der Waals surface area contributed by atoms with Crippen molar-refractivity contribution in [2.45, 2.75) is 20.8 Å². The highest BCUT2D eigenvalue weighted by molar-refractivity contribution is 7.13. The largest absolute Gasteiger partial charge is 0.337 e.